The smallest absolute Gasteiger partial charge is 0.381 e. The summed E-state index contributed by atoms with van der Waals surface area (Å²) in [6, 6.07) is 6.69. The molecule has 1 saturated heterocycles. The van der Waals surface area contributed by atoms with Gasteiger partial charge in [0, 0.05) is 17.4 Å². The number of aromatic nitrogens is 2. The number of para-hydroxylation sites is 1. The van der Waals surface area contributed by atoms with E-state index in [4.69, 9.17) is 30.1 Å². The van der Waals surface area contributed by atoms with E-state index in [2.05, 4.69) is 0 Å². The van der Waals surface area contributed by atoms with Gasteiger partial charge in [-0.1, -0.05) is 18.2 Å². The summed E-state index contributed by atoms with van der Waals surface area (Å²) < 4.78 is 63.5. The number of nitrogens with zero attached hydrogens (tertiary/aromatic N) is 1. The third-order valence-corrected chi connectivity index (χ3v) is 7.20. The van der Waals surface area contributed by atoms with Gasteiger partial charge in [0.2, 0.25) is 5.82 Å². The molecule has 1 fully saturated rings. The maximum atomic E-state index is 14.1. The molecule has 174 valence electrons. The third kappa shape index (κ3) is 3.92. The van der Waals surface area contributed by atoms with Crippen molar-refractivity contribution < 1.29 is 41.7 Å². The number of alkyl halides is 2. The number of nitrogens with one attached hydrogen (secondary N) is 1. The van der Waals surface area contributed by atoms with Crippen LogP contribution in [-0.2, 0) is 32.2 Å². The van der Waals surface area contributed by atoms with Gasteiger partial charge in [-0.2, -0.15) is 4.39 Å². The predicted molar refractivity (Wildman–Crippen MR) is 104 cm³/mol. The van der Waals surface area contributed by atoms with Crippen molar-refractivity contribution in [2.75, 3.05) is 6.61 Å². The van der Waals surface area contributed by atoms with Crippen molar-refractivity contribution in [1.29, 1.82) is 0 Å². The van der Waals surface area contributed by atoms with Crippen LogP contribution >= 0.6 is 6.72 Å². The number of hydrogen-bond acceptors (Lipinski definition) is 9. The molecule has 0 radical (unpaired) electrons. The summed E-state index contributed by atoms with van der Waals surface area (Å²) in [5, 5.41) is 20.7. The van der Waals surface area contributed by atoms with Crippen LogP contribution in [0.5, 0.6) is 5.75 Å². The van der Waals surface area contributed by atoms with E-state index in [9.17, 15) is 33.0 Å². The van der Waals surface area contributed by atoms with Crippen molar-refractivity contribution in [3.05, 3.63) is 62.7 Å². The zero-order valence-electron chi connectivity index (χ0n) is 15.9. The molecular formula is C17H16F3N2O8PS. The number of H-pyrrole nitrogens is 1. The van der Waals surface area contributed by atoms with Crippen molar-refractivity contribution in [3.8, 4) is 5.75 Å². The van der Waals surface area contributed by atoms with Crippen LogP contribution in [0.15, 0.2) is 40.1 Å². The zero-order valence-corrected chi connectivity index (χ0v) is 17.6. The Labute approximate surface area is 182 Å². The Hall–Kier alpha value is -2.06. The number of hydrogen-bond donors (Lipinski definition) is 3. The molecule has 2 aliphatic rings. The lowest BCUT2D eigenvalue weighted by Gasteiger charge is -2.34. The molecule has 0 saturated carbocycles. The minimum atomic E-state index is -3.59. The molecule has 0 bridgehead atoms. The Morgan fingerprint density at radius 2 is 2.06 bits per heavy atom. The maximum absolute atomic E-state index is 14.1. The molecule has 0 aliphatic carbocycles. The summed E-state index contributed by atoms with van der Waals surface area (Å²) in [6.45, 7) is -4.68. The van der Waals surface area contributed by atoms with Gasteiger partial charge in [0.15, 0.2) is 11.8 Å². The van der Waals surface area contributed by atoms with Crippen LogP contribution < -0.4 is 15.8 Å². The van der Waals surface area contributed by atoms with Crippen molar-refractivity contribution in [1.82, 2.24) is 9.55 Å². The van der Waals surface area contributed by atoms with Crippen LogP contribution in [0.4, 0.5) is 13.2 Å². The summed E-state index contributed by atoms with van der Waals surface area (Å²) in [5.74, 6) is -1.09. The number of ether oxygens (including phenoxy) is 1. The molecule has 32 heavy (non-hydrogen) atoms. The third-order valence-electron chi connectivity index (χ3n) is 5.03. The summed E-state index contributed by atoms with van der Waals surface area (Å²) >= 11 is 5.20. The molecule has 3 N–H and O–H groups in total. The first-order chi connectivity index (χ1) is 15.1. The predicted octanol–water partition coefficient (Wildman–Crippen LogP) is 0.780. The number of aliphatic hydroxyl groups is 2. The van der Waals surface area contributed by atoms with Crippen molar-refractivity contribution in [2.24, 2.45) is 0 Å². The number of benzene rings is 1. The minimum absolute atomic E-state index is 0.00413. The van der Waals surface area contributed by atoms with E-state index in [1.807, 2.05) is 0 Å². The molecule has 2 aromatic rings. The van der Waals surface area contributed by atoms with Gasteiger partial charge < -0.3 is 19.5 Å². The maximum Gasteiger partial charge on any atom is 0.381 e. The monoisotopic (exact) mass is 496 g/mol. The van der Waals surface area contributed by atoms with E-state index >= 15 is 0 Å². The van der Waals surface area contributed by atoms with Gasteiger partial charge >= 0.3 is 12.4 Å². The summed E-state index contributed by atoms with van der Waals surface area (Å²) in [6.07, 6.45) is -9.43. The van der Waals surface area contributed by atoms with Gasteiger partial charge in [-0.25, -0.2) is 13.6 Å². The number of aliphatic hydroxyl groups excluding tert-OH is 2. The highest BCUT2D eigenvalue weighted by Crippen LogP contribution is 2.56. The van der Waals surface area contributed by atoms with Crippen molar-refractivity contribution >= 4 is 18.5 Å². The van der Waals surface area contributed by atoms with E-state index in [1.54, 1.807) is 29.2 Å². The van der Waals surface area contributed by atoms with Gasteiger partial charge in [0.1, 0.15) is 18.0 Å². The molecule has 1 aromatic carbocycles. The van der Waals surface area contributed by atoms with Crippen LogP contribution in [0.25, 0.3) is 0 Å². The SMILES string of the molecule is O=c1[nH]c(=O)n(C2OC(COP3(=S)OCc4ccccc4O3)(C(F)F)C(O)C2O)cc1F. The molecule has 0 amide bonds. The molecule has 0 spiro atoms. The fourth-order valence-electron chi connectivity index (χ4n) is 3.29. The van der Waals surface area contributed by atoms with Gasteiger partial charge in [-0.05, 0) is 6.07 Å². The van der Waals surface area contributed by atoms with Gasteiger partial charge in [0.05, 0.1) is 19.4 Å². The Kier molecular flexibility index (Phi) is 6.05. The molecule has 10 nitrogen and oxygen atoms in total. The largest absolute Gasteiger partial charge is 0.424 e. The lowest BCUT2D eigenvalue weighted by atomic mass is 9.96. The Balaban J connectivity index is 1.60. The second-order valence-corrected chi connectivity index (χ2v) is 9.97. The van der Waals surface area contributed by atoms with E-state index in [0.717, 1.165) is 0 Å². The quantitative estimate of drug-likeness (QED) is 0.514. The fraction of sp³-hybridized carbons (Fsp3) is 0.412. The fourth-order valence-corrected chi connectivity index (χ4v) is 5.11. The second kappa shape index (κ2) is 8.37. The highest BCUT2D eigenvalue weighted by molar-refractivity contribution is 8.07. The van der Waals surface area contributed by atoms with E-state index in [1.165, 1.54) is 0 Å². The average molecular weight is 496 g/mol. The van der Waals surface area contributed by atoms with Crippen LogP contribution in [-0.4, -0.2) is 50.6 Å². The van der Waals surface area contributed by atoms with E-state index in [-0.39, 0.29) is 6.61 Å². The highest BCUT2D eigenvalue weighted by Gasteiger charge is 2.61. The first-order valence-corrected chi connectivity index (χ1v) is 11.6. The van der Waals surface area contributed by atoms with Crippen LogP contribution in [0.2, 0.25) is 0 Å². The molecule has 3 heterocycles. The topological polar surface area (TPSA) is 132 Å². The summed E-state index contributed by atoms with van der Waals surface area (Å²) in [4.78, 5) is 24.8. The average Bonchev–Trinajstić information content (AvgIpc) is 3.01. The van der Waals surface area contributed by atoms with Crippen LogP contribution in [0, 0.1) is 5.82 Å². The minimum Gasteiger partial charge on any atom is -0.424 e. The number of halogens is 3. The number of aromatic amines is 1. The van der Waals surface area contributed by atoms with Gasteiger partial charge in [-0.15, -0.1) is 0 Å². The highest BCUT2D eigenvalue weighted by atomic mass is 32.5. The Morgan fingerprint density at radius 1 is 1.34 bits per heavy atom. The van der Waals surface area contributed by atoms with Crippen LogP contribution in [0.1, 0.15) is 11.8 Å². The zero-order chi connectivity index (χ0) is 23.3. The van der Waals surface area contributed by atoms with Crippen LogP contribution in [0.3, 0.4) is 0 Å². The van der Waals surface area contributed by atoms with Gasteiger partial charge in [-0.3, -0.25) is 23.4 Å². The van der Waals surface area contributed by atoms with Crippen molar-refractivity contribution in [2.45, 2.75) is 37.1 Å². The molecule has 4 rings (SSSR count). The first-order valence-electron chi connectivity index (χ1n) is 9.06. The number of rotatable bonds is 5. The van der Waals surface area contributed by atoms with Gasteiger partial charge in [0.25, 0.3) is 12.0 Å². The molecular weight excluding hydrogens is 480 g/mol. The van der Waals surface area contributed by atoms with Crippen molar-refractivity contribution in [3.63, 3.8) is 0 Å². The Morgan fingerprint density at radius 3 is 2.78 bits per heavy atom. The van der Waals surface area contributed by atoms with E-state index < -0.39 is 60.9 Å². The lowest BCUT2D eigenvalue weighted by molar-refractivity contribution is -0.193. The Bertz CT molecular complexity index is 1190. The lowest BCUT2D eigenvalue weighted by Crippen LogP contribution is -2.52. The standard InChI is InChI=1S/C17H16F3N2O8PS/c18-9-5-22(16(26)21-13(9)25)14-11(23)12(24)17(29-14,15(19)20)7-28-31(32)27-6-8-3-1-2-4-10(8)30-31/h1-5,11-12,14-15,23-24H,6-7H2,(H,21,25,26). The summed E-state index contributed by atoms with van der Waals surface area (Å²) in [7, 11) is 0. The second-order valence-electron chi connectivity index (χ2n) is 7.04. The molecule has 2 aliphatic heterocycles. The first kappa shape index (κ1) is 23.1. The van der Waals surface area contributed by atoms with E-state index in [0.29, 0.717) is 22.1 Å². The molecule has 1 aromatic heterocycles. The summed E-state index contributed by atoms with van der Waals surface area (Å²) in [5.41, 5.74) is -4.81. The molecule has 5 unspecified atom stereocenters. The molecule has 15 heteroatoms. The normalized spacial score (nSPS) is 32.0. The molecule has 5 atom stereocenters. The number of fused-ring (bicyclic) bond motifs is 1.